The van der Waals surface area contributed by atoms with Crippen molar-refractivity contribution in [1.29, 1.82) is 0 Å². The molecular formula is C81H94Cl2N6O24. The number of benzene rings is 6. The number of hydrogen-bond acceptors (Lipinski definition) is 25. The van der Waals surface area contributed by atoms with Gasteiger partial charge in [-0.1, -0.05) is 106 Å². The molecule has 5 amide bonds. The van der Waals surface area contributed by atoms with Gasteiger partial charge in [0.1, 0.15) is 77.4 Å². The molecular weight excluding hydrogens is 1510 g/mol. The van der Waals surface area contributed by atoms with E-state index in [1.807, 2.05) is 38.1 Å². The summed E-state index contributed by atoms with van der Waals surface area (Å²) < 4.78 is 45.0. The predicted molar refractivity (Wildman–Crippen MR) is 405 cm³/mol. The first-order valence-corrected chi connectivity index (χ1v) is 38.2. The molecule has 30 nitrogen and oxygen atoms in total. The fraction of sp³-hybridized carbons (Fsp3) is 0.457. The lowest BCUT2D eigenvalue weighted by molar-refractivity contribution is -0.334. The van der Waals surface area contributed by atoms with Crippen LogP contribution in [-0.2, 0) is 70.3 Å². The number of rotatable bonds is 21. The van der Waals surface area contributed by atoms with Gasteiger partial charge in [-0.3, -0.25) is 38.4 Å². The number of aliphatic hydroxyl groups is 6. The highest BCUT2D eigenvalue weighted by Crippen LogP contribution is 2.51. The van der Waals surface area contributed by atoms with E-state index in [1.54, 1.807) is 20.8 Å². The second-order valence-corrected chi connectivity index (χ2v) is 30.8. The first-order valence-electron chi connectivity index (χ1n) is 37.4. The summed E-state index contributed by atoms with van der Waals surface area (Å²) in [7, 11) is 0. The van der Waals surface area contributed by atoms with Crippen molar-refractivity contribution < 1.29 is 117 Å². The summed E-state index contributed by atoms with van der Waals surface area (Å²) in [6.07, 6.45) is -17.3. The van der Waals surface area contributed by atoms with Crippen molar-refractivity contribution in [3.63, 3.8) is 0 Å². The molecule has 18 atom stereocenters. The number of Topliss-reactive ketones (excluding diaryl/α,β-unsaturated/α-hetero) is 2. The van der Waals surface area contributed by atoms with E-state index < -0.39 is 211 Å². The van der Waals surface area contributed by atoms with Crippen molar-refractivity contribution in [3.05, 3.63) is 152 Å². The Morgan fingerprint density at radius 1 is 0.726 bits per heavy atom. The molecule has 6 aromatic rings. The number of nitrogens with two attached hydrogens (primary N) is 1. The van der Waals surface area contributed by atoms with Crippen LogP contribution in [0.15, 0.2) is 103 Å². The normalized spacial score (nSPS) is 27.7. The lowest BCUT2D eigenvalue weighted by Crippen LogP contribution is -2.65. The number of carbonyl (C=O) groups is 8. The Labute approximate surface area is 660 Å². The molecule has 32 heteroatoms. The Morgan fingerprint density at radius 2 is 1.38 bits per heavy atom. The molecule has 0 radical (unpaired) electrons. The average molecular weight is 1610 g/mol. The van der Waals surface area contributed by atoms with Crippen LogP contribution >= 0.6 is 23.2 Å². The Morgan fingerprint density at radius 3 is 2.00 bits per heavy atom. The molecule has 0 spiro atoms. The van der Waals surface area contributed by atoms with Gasteiger partial charge >= 0.3 is 0 Å². The summed E-state index contributed by atoms with van der Waals surface area (Å²) in [5, 5.41) is 119. The third-order valence-electron chi connectivity index (χ3n) is 21.3. The van der Waals surface area contributed by atoms with Gasteiger partial charge in [0.25, 0.3) is 6.47 Å². The van der Waals surface area contributed by atoms with E-state index in [-0.39, 0.29) is 85.8 Å². The van der Waals surface area contributed by atoms with Gasteiger partial charge in [-0.2, -0.15) is 0 Å². The zero-order chi connectivity index (χ0) is 81.6. The molecule has 6 aromatic carbocycles. The van der Waals surface area contributed by atoms with Crippen LogP contribution in [0.3, 0.4) is 0 Å². The largest absolute Gasteiger partial charge is 0.508 e. The number of amides is 5. The van der Waals surface area contributed by atoms with Crippen LogP contribution in [0.25, 0.3) is 11.1 Å². The molecule has 11 bridgehead atoms. The van der Waals surface area contributed by atoms with E-state index in [0.29, 0.717) is 12.8 Å². The Kier molecular flexibility index (Phi) is 27.1. The minimum Gasteiger partial charge on any atom is -0.508 e. The van der Waals surface area contributed by atoms with Gasteiger partial charge < -0.3 is 111 Å². The van der Waals surface area contributed by atoms with Gasteiger partial charge in [0.05, 0.1) is 40.7 Å². The minimum absolute atomic E-state index is 0.0134. The first kappa shape index (κ1) is 84.4. The topological polar surface area (TPSA) is 469 Å². The van der Waals surface area contributed by atoms with Crippen molar-refractivity contribution >= 4 is 70.8 Å². The highest BCUT2D eigenvalue weighted by atomic mass is 35.5. The Hall–Kier alpha value is -9.54. The van der Waals surface area contributed by atoms with E-state index in [1.165, 1.54) is 42.0 Å². The lowest BCUT2D eigenvalue weighted by atomic mass is 9.84. The SMILES string of the molecule is CCCCCc1ccc(CNC2(C)C[C@H](O[C@@H]3C(O)C(O)[C@@H](CO)O[C@H]3Oc3c4cc5cc3Oc3ccc(cc3Cl)[C@@H](O)[C@@H](NC(=O)[C@H](CC)CC(C)C)C(=O)C[C@@H](CC(N)=O)C(=O)N[C@H]5C(=O)C[C@@H]3C(=O)N[C@H](C(=O)N[C@H](OC=O)c5cc(O)cc(O)c5-c5cc3ccc5O)[C@H](O)c3ccc(c(Cl)c3)O4)O[C@@H](C)[C@H]2O)cc1. The molecule has 7 heterocycles. The number of halogens is 2. The standard InChI is InChI=1S/C81H94Cl2N6O24/c1-7-9-10-11-39-12-14-40(15-13-39)34-85-81(6)33-63(108-38(5)74(81)102)112-73-71(101)70(100)61(35-90)111-80(73)113-72-59-27-45-28-60(72)110-58-21-18-44(25-52(58)83)69(99)67-78(106)89-79(107-36-91)50-30-47(92)31-54(94)64(50)49-23-42(16-19-53(49)93)48(77(105)88-67)32-56(96)65(45)86-76(104)46(29-62(84)97)26-55(95)66(87-75(103)41(8-2)22-37(3)4)68(98)43-17-20-57(109-59)51(82)24-43/h12-21,23-25,27-28,30-31,36-38,41,46,48,61,63,65-71,73-74,79-80,85,90,92-94,98-102H,7-11,22,26,29,32-35H2,1-6H3,(H2,84,97)(H,86,104)(H,87,103)(H,88,105)(H,89,106)/t38-,41+,46-,48-,61+,63-,65+,66-,67-,68+,69+,70?,71?,73+,74+,79+,80-,81?/m0/s1. The number of primary amides is 1. The van der Waals surface area contributed by atoms with Gasteiger partial charge in [-0.05, 0) is 133 Å². The van der Waals surface area contributed by atoms with Crippen LogP contribution < -0.4 is 46.5 Å². The van der Waals surface area contributed by atoms with Crippen LogP contribution in [0.1, 0.15) is 169 Å². The molecule has 2 saturated heterocycles. The molecule has 7 aliphatic heterocycles. The monoisotopic (exact) mass is 1600 g/mol. The third kappa shape index (κ3) is 19.1. The number of aliphatic hydroxyl groups excluding tert-OH is 6. The number of nitrogens with one attached hydrogen (secondary N) is 5. The Bertz CT molecular complexity index is 4530. The fourth-order valence-corrected chi connectivity index (χ4v) is 15.5. The summed E-state index contributed by atoms with van der Waals surface area (Å²) in [6.45, 7) is 10.3. The maximum Gasteiger partial charge on any atom is 0.295 e. The van der Waals surface area contributed by atoms with E-state index in [0.717, 1.165) is 73.7 Å². The molecule has 3 unspecified atom stereocenters. The van der Waals surface area contributed by atoms with Crippen LogP contribution in [-0.4, -0.2) is 167 Å². The van der Waals surface area contributed by atoms with Crippen molar-refractivity contribution in [2.45, 2.75) is 210 Å². The molecule has 13 rings (SSSR count). The summed E-state index contributed by atoms with van der Waals surface area (Å²) >= 11 is 14.4. The van der Waals surface area contributed by atoms with Gasteiger partial charge in [0.15, 0.2) is 35.5 Å². The number of ether oxygens (including phenoxy) is 7. The maximum atomic E-state index is 16.3. The number of aryl methyl sites for hydroxylation is 1. The molecule has 2 fully saturated rings. The summed E-state index contributed by atoms with van der Waals surface area (Å²) in [6, 6.07) is 16.7. The van der Waals surface area contributed by atoms with Crippen LogP contribution in [0.2, 0.25) is 10.0 Å². The molecule has 0 aliphatic carbocycles. The van der Waals surface area contributed by atoms with Crippen molar-refractivity contribution in [2.75, 3.05) is 6.61 Å². The molecule has 606 valence electrons. The quantitative estimate of drug-likeness (QED) is 0.0251. The maximum absolute atomic E-state index is 16.3. The summed E-state index contributed by atoms with van der Waals surface area (Å²) in [5.41, 5.74) is 4.83. The highest BCUT2D eigenvalue weighted by Gasteiger charge is 2.52. The summed E-state index contributed by atoms with van der Waals surface area (Å²) in [4.78, 5) is 118. The predicted octanol–water partition coefficient (Wildman–Crippen LogP) is 7.13. The molecule has 0 saturated carbocycles. The van der Waals surface area contributed by atoms with Gasteiger partial charge in [-0.15, -0.1) is 0 Å². The summed E-state index contributed by atoms with van der Waals surface area (Å²) in [5.74, 6) is -16.5. The number of phenols is 3. The van der Waals surface area contributed by atoms with E-state index in [9.17, 15) is 60.3 Å². The average Bonchev–Trinajstić information content (AvgIpc) is 0.770. The van der Waals surface area contributed by atoms with Crippen molar-refractivity contribution in [3.8, 4) is 57.1 Å². The van der Waals surface area contributed by atoms with Gasteiger partial charge in [0, 0.05) is 66.4 Å². The smallest absolute Gasteiger partial charge is 0.295 e. The highest BCUT2D eigenvalue weighted by molar-refractivity contribution is 6.32. The van der Waals surface area contributed by atoms with E-state index in [4.69, 9.17) is 62.1 Å². The van der Waals surface area contributed by atoms with Gasteiger partial charge in [-0.25, -0.2) is 0 Å². The first-order chi connectivity index (χ1) is 53.8. The third-order valence-corrected chi connectivity index (χ3v) is 21.9. The second-order valence-electron chi connectivity index (χ2n) is 29.9. The van der Waals surface area contributed by atoms with Crippen molar-refractivity contribution in [2.24, 2.45) is 23.5 Å². The van der Waals surface area contributed by atoms with Crippen LogP contribution in [0, 0.1) is 17.8 Å². The molecule has 0 aromatic heterocycles. The Balaban J connectivity index is 1.11. The minimum atomic E-state index is -2.17. The molecule has 113 heavy (non-hydrogen) atoms. The zero-order valence-electron chi connectivity index (χ0n) is 62.8. The number of fused-ring (bicyclic) bond motifs is 15. The number of carbonyl (C=O) groups excluding carboxylic acids is 8. The number of unbranched alkanes of at least 4 members (excludes halogenated alkanes) is 2. The zero-order valence-corrected chi connectivity index (χ0v) is 64.3. The number of ketones is 2. The lowest BCUT2D eigenvalue weighted by Gasteiger charge is -2.48. The van der Waals surface area contributed by atoms with Gasteiger partial charge in [0.2, 0.25) is 47.8 Å². The molecule has 7 aliphatic rings. The van der Waals surface area contributed by atoms with E-state index >= 15 is 24.0 Å². The van der Waals surface area contributed by atoms with Crippen LogP contribution in [0.4, 0.5) is 0 Å². The second kappa shape index (κ2) is 36.3. The number of hydrogen-bond donors (Lipinski definition) is 15. The van der Waals surface area contributed by atoms with Crippen LogP contribution in [0.5, 0.6) is 46.0 Å². The number of aromatic hydroxyl groups is 3. The number of phenolic OH excluding ortho intramolecular Hbond substituents is 3. The van der Waals surface area contributed by atoms with Crippen molar-refractivity contribution in [1.82, 2.24) is 26.6 Å². The van der Waals surface area contributed by atoms with E-state index in [2.05, 4.69) is 33.5 Å². The fourth-order valence-electron chi connectivity index (χ4n) is 15.0. The molecule has 16 N–H and O–H groups in total.